The Morgan fingerprint density at radius 2 is 1.90 bits per heavy atom. The third-order valence-corrected chi connectivity index (χ3v) is 7.22. The number of allylic oxidation sites excluding steroid dienone is 2. The van der Waals surface area contributed by atoms with Crippen molar-refractivity contribution in [2.45, 2.75) is 71.8 Å². The van der Waals surface area contributed by atoms with Crippen LogP contribution in [0.15, 0.2) is 45.0 Å². The zero-order chi connectivity index (χ0) is 28.9. The molecule has 3 rings (SSSR count). The van der Waals surface area contributed by atoms with Crippen LogP contribution < -0.4 is 16.3 Å². The maximum absolute atomic E-state index is 14.4. The van der Waals surface area contributed by atoms with Crippen molar-refractivity contribution in [3.05, 3.63) is 56.7 Å². The number of halogens is 1. The lowest BCUT2D eigenvalue weighted by Gasteiger charge is -2.40. The largest absolute Gasteiger partial charge is 0.393 e. The minimum absolute atomic E-state index is 0.0688. The van der Waals surface area contributed by atoms with Crippen LogP contribution in [0.1, 0.15) is 52.5 Å². The Morgan fingerprint density at radius 3 is 2.49 bits per heavy atom. The van der Waals surface area contributed by atoms with Crippen molar-refractivity contribution in [2.75, 3.05) is 39.4 Å². The Morgan fingerprint density at radius 1 is 1.23 bits per heavy atom. The molecule has 0 bridgehead atoms. The molecule has 1 fully saturated rings. The van der Waals surface area contributed by atoms with Crippen LogP contribution in [0.5, 0.6) is 0 Å². The number of carbonyl (C=O) groups is 1. The molecule has 1 aliphatic carbocycles. The Kier molecular flexibility index (Phi) is 9.89. The number of amides is 2. The molecule has 12 heteroatoms. The van der Waals surface area contributed by atoms with Gasteiger partial charge in [-0.2, -0.15) is 4.68 Å². The fraction of sp³-hybridized carbons (Fsp3) is 0.630. The summed E-state index contributed by atoms with van der Waals surface area (Å²) in [4.78, 5) is 47.6. The zero-order valence-corrected chi connectivity index (χ0v) is 23.8. The number of ether oxygens (including phenoxy) is 2. The molecule has 1 aromatic heterocycles. The smallest absolute Gasteiger partial charge is 0.350 e. The van der Waals surface area contributed by atoms with Crippen molar-refractivity contribution in [1.29, 1.82) is 0 Å². The topological polar surface area (TPSA) is 108 Å². The molecule has 0 radical (unpaired) electrons. The van der Waals surface area contributed by atoms with E-state index in [1.165, 1.54) is 44.2 Å². The summed E-state index contributed by atoms with van der Waals surface area (Å²) in [6, 6.07) is -0.456. The second kappa shape index (κ2) is 12.7. The summed E-state index contributed by atoms with van der Waals surface area (Å²) >= 11 is 0. The molecule has 1 aliphatic heterocycles. The van der Waals surface area contributed by atoms with Gasteiger partial charge >= 0.3 is 11.7 Å². The number of hydrogen-bond acceptors (Lipinski definition) is 7. The van der Waals surface area contributed by atoms with Gasteiger partial charge in [0, 0.05) is 46.0 Å². The Labute approximate surface area is 228 Å². The summed E-state index contributed by atoms with van der Waals surface area (Å²) in [5.41, 5.74) is -2.13. The van der Waals surface area contributed by atoms with Gasteiger partial charge in [0.1, 0.15) is 11.9 Å². The molecule has 11 nitrogen and oxygen atoms in total. The minimum atomic E-state index is -0.984. The van der Waals surface area contributed by atoms with Gasteiger partial charge in [0.2, 0.25) is 0 Å². The van der Waals surface area contributed by atoms with Crippen LogP contribution in [0.3, 0.4) is 0 Å². The number of nitrogens with zero attached hydrogens (tertiary/aromatic N) is 5. The van der Waals surface area contributed by atoms with Crippen LogP contribution in [-0.2, 0) is 20.9 Å². The van der Waals surface area contributed by atoms with Crippen molar-refractivity contribution in [2.24, 2.45) is 10.6 Å². The van der Waals surface area contributed by atoms with Gasteiger partial charge < -0.3 is 19.2 Å². The van der Waals surface area contributed by atoms with Crippen LogP contribution in [-0.4, -0.2) is 78.6 Å². The normalized spacial score (nSPS) is 22.6. The van der Waals surface area contributed by atoms with E-state index in [9.17, 15) is 18.8 Å². The number of likely N-dealkylation sites (tertiary alicyclic amines) is 1. The molecular weight excluding hydrogens is 509 g/mol. The molecule has 39 heavy (non-hydrogen) atoms. The molecule has 0 saturated carbocycles. The molecule has 1 saturated heterocycles. The number of methoxy groups -OCH3 is 2. The summed E-state index contributed by atoms with van der Waals surface area (Å²) in [5.74, 6) is -0.452. The Hall–Kier alpha value is -3.25. The molecule has 0 N–H and O–H groups in total. The first-order chi connectivity index (χ1) is 18.4. The third kappa shape index (κ3) is 6.50. The lowest BCUT2D eigenvalue weighted by Crippen LogP contribution is -2.58. The van der Waals surface area contributed by atoms with E-state index < -0.39 is 40.7 Å². The number of urea groups is 1. The summed E-state index contributed by atoms with van der Waals surface area (Å²) < 4.78 is 27.8. The van der Waals surface area contributed by atoms with E-state index in [0.29, 0.717) is 13.1 Å². The first-order valence-electron chi connectivity index (χ1n) is 13.2. The third-order valence-electron chi connectivity index (χ3n) is 7.22. The average Bonchev–Trinajstić information content (AvgIpc) is 2.91. The summed E-state index contributed by atoms with van der Waals surface area (Å²) in [6.07, 6.45) is 6.91. The zero-order valence-electron chi connectivity index (χ0n) is 23.8. The van der Waals surface area contributed by atoms with Crippen molar-refractivity contribution in [3.8, 4) is 0 Å². The van der Waals surface area contributed by atoms with E-state index >= 15 is 0 Å². The maximum Gasteiger partial charge on any atom is 0.350 e. The van der Waals surface area contributed by atoms with Gasteiger partial charge in [-0.15, -0.1) is 0 Å². The molecule has 0 spiro atoms. The van der Waals surface area contributed by atoms with Crippen molar-refractivity contribution in [3.63, 3.8) is 0 Å². The summed E-state index contributed by atoms with van der Waals surface area (Å²) in [6.45, 7) is 7.97. The molecule has 1 aromatic rings. The van der Waals surface area contributed by atoms with Gasteiger partial charge in [0.25, 0.3) is 5.56 Å². The van der Waals surface area contributed by atoms with E-state index in [1.54, 1.807) is 38.7 Å². The second-order valence-electron chi connectivity index (χ2n) is 10.4. The van der Waals surface area contributed by atoms with Crippen molar-refractivity contribution < 1.29 is 23.5 Å². The highest BCUT2D eigenvalue weighted by molar-refractivity contribution is 5.97. The highest BCUT2D eigenvalue weighted by Gasteiger charge is 2.42. The Bertz CT molecular complexity index is 1250. The molecule has 2 heterocycles. The average molecular weight is 550 g/mol. The molecule has 3 atom stereocenters. The number of aromatic nitrogens is 2. The first-order valence-corrected chi connectivity index (χ1v) is 13.2. The minimum Gasteiger partial charge on any atom is -0.393 e. The fourth-order valence-corrected chi connectivity index (χ4v) is 4.97. The summed E-state index contributed by atoms with van der Waals surface area (Å²) in [5, 5.41) is 5.09. The molecule has 3 unspecified atom stereocenters. The standard InChI is InChI=1S/C27H40FN5O6/c1-18(2)39-29-19(3)21-16-32(17-23(38-7)27(4)15-20(28)11-12-22(27)37-6)26(36)33(24(21)34)30(5)25(35)31-13-9-8-10-14-31/h11-12,15-16,18,22-23H,8-10,13-14,17H2,1-7H3/b29-19+. The fourth-order valence-electron chi connectivity index (χ4n) is 4.97. The second-order valence-corrected chi connectivity index (χ2v) is 10.4. The lowest BCUT2D eigenvalue weighted by molar-refractivity contribution is -0.0577. The van der Waals surface area contributed by atoms with E-state index in [-0.39, 0.29) is 23.9 Å². The SMILES string of the molecule is COC1C=CC(F)=CC1(C)C(Cn1cc(/C(C)=N/OC(C)C)c(=O)n(N(C)C(=O)N2CCCCC2)c1=O)OC. The molecule has 2 amide bonds. The highest BCUT2D eigenvalue weighted by atomic mass is 19.1. The predicted octanol–water partition coefficient (Wildman–Crippen LogP) is 2.79. The van der Waals surface area contributed by atoms with Gasteiger partial charge in [-0.1, -0.05) is 18.2 Å². The monoisotopic (exact) mass is 549 g/mol. The van der Waals surface area contributed by atoms with E-state index in [2.05, 4.69) is 5.16 Å². The number of rotatable bonds is 9. The number of oxime groups is 1. The van der Waals surface area contributed by atoms with Gasteiger partial charge in [0.15, 0.2) is 0 Å². The number of hydrogen-bond donors (Lipinski definition) is 0. The Balaban J connectivity index is 2.13. The van der Waals surface area contributed by atoms with Crippen LogP contribution in [0.25, 0.3) is 0 Å². The first kappa shape index (κ1) is 30.3. The van der Waals surface area contributed by atoms with Crippen molar-refractivity contribution in [1.82, 2.24) is 14.1 Å². The van der Waals surface area contributed by atoms with Gasteiger partial charge in [-0.25, -0.2) is 19.0 Å². The highest BCUT2D eigenvalue weighted by Crippen LogP contribution is 2.38. The quantitative estimate of drug-likeness (QED) is 0.346. The summed E-state index contributed by atoms with van der Waals surface area (Å²) in [7, 11) is 4.37. The van der Waals surface area contributed by atoms with Gasteiger partial charge in [0.05, 0.1) is 30.0 Å². The van der Waals surface area contributed by atoms with E-state index in [4.69, 9.17) is 14.3 Å². The van der Waals surface area contributed by atoms with Crippen LogP contribution in [0, 0.1) is 5.41 Å². The molecule has 0 aromatic carbocycles. The van der Waals surface area contributed by atoms with E-state index in [1.807, 2.05) is 0 Å². The van der Waals surface area contributed by atoms with Crippen LogP contribution >= 0.6 is 0 Å². The predicted molar refractivity (Wildman–Crippen MR) is 146 cm³/mol. The van der Waals surface area contributed by atoms with Gasteiger partial charge in [-0.3, -0.25) is 9.36 Å². The van der Waals surface area contributed by atoms with Crippen LogP contribution in [0.4, 0.5) is 9.18 Å². The molecule has 216 valence electrons. The number of carbonyl (C=O) groups excluding carboxylic acids is 1. The number of piperidine rings is 1. The lowest BCUT2D eigenvalue weighted by atomic mass is 9.75. The molecule has 2 aliphatic rings. The van der Waals surface area contributed by atoms with Gasteiger partial charge in [-0.05, 0) is 52.2 Å². The molecular formula is C27H40FN5O6. The van der Waals surface area contributed by atoms with E-state index in [0.717, 1.165) is 28.9 Å². The maximum atomic E-state index is 14.4. The van der Waals surface area contributed by atoms with Crippen molar-refractivity contribution >= 4 is 11.7 Å². The van der Waals surface area contributed by atoms with Crippen LogP contribution in [0.2, 0.25) is 0 Å².